The van der Waals surface area contributed by atoms with Crippen molar-refractivity contribution in [2.45, 2.75) is 25.5 Å². The molecule has 0 spiro atoms. The summed E-state index contributed by atoms with van der Waals surface area (Å²) >= 11 is 6.25. The fourth-order valence-electron chi connectivity index (χ4n) is 3.32. The van der Waals surface area contributed by atoms with Gasteiger partial charge in [0.2, 0.25) is 5.60 Å². The Balaban J connectivity index is 1.42. The van der Waals surface area contributed by atoms with Gasteiger partial charge in [-0.1, -0.05) is 35.0 Å². The van der Waals surface area contributed by atoms with Gasteiger partial charge in [-0.25, -0.2) is 0 Å². The molecule has 154 valence electrons. The van der Waals surface area contributed by atoms with Crippen molar-refractivity contribution in [1.29, 1.82) is 0 Å². The predicted octanol–water partition coefficient (Wildman–Crippen LogP) is 3.94. The van der Waals surface area contributed by atoms with Gasteiger partial charge in [0.25, 0.3) is 5.91 Å². The summed E-state index contributed by atoms with van der Waals surface area (Å²) in [6.45, 7) is 2.02. The van der Waals surface area contributed by atoms with E-state index in [1.54, 1.807) is 26.3 Å². The Morgan fingerprint density at radius 3 is 2.77 bits per heavy atom. The average Bonchev–Trinajstić information content (AvgIpc) is 3.40. The maximum absolute atomic E-state index is 12.9. The Kier molecular flexibility index (Phi) is 5.46. The SMILES string of the molecule is COc1ccc(-c2[nH]ncc2CNC(=O)[C@]2(C)CC(c3ccccc3Cl)=NO2)cc1. The first kappa shape index (κ1) is 20.0. The summed E-state index contributed by atoms with van der Waals surface area (Å²) in [6, 6.07) is 15.0. The number of H-pyrrole nitrogens is 1. The van der Waals surface area contributed by atoms with Gasteiger partial charge in [0.15, 0.2) is 0 Å². The maximum atomic E-state index is 12.9. The number of nitrogens with one attached hydrogen (secondary N) is 2. The smallest absolute Gasteiger partial charge is 0.267 e. The van der Waals surface area contributed by atoms with E-state index < -0.39 is 5.60 Å². The molecule has 0 saturated heterocycles. The zero-order valence-electron chi connectivity index (χ0n) is 16.6. The van der Waals surface area contributed by atoms with Crippen molar-refractivity contribution in [3.05, 3.63) is 70.9 Å². The van der Waals surface area contributed by atoms with Crippen molar-refractivity contribution in [3.8, 4) is 17.0 Å². The zero-order valence-corrected chi connectivity index (χ0v) is 17.4. The summed E-state index contributed by atoms with van der Waals surface area (Å²) in [5.74, 6) is 0.518. The fourth-order valence-corrected chi connectivity index (χ4v) is 3.56. The second-order valence-corrected chi connectivity index (χ2v) is 7.61. The quantitative estimate of drug-likeness (QED) is 0.627. The lowest BCUT2D eigenvalue weighted by atomic mass is 9.95. The Bertz CT molecular complexity index is 1090. The predicted molar refractivity (Wildman–Crippen MR) is 115 cm³/mol. The van der Waals surface area contributed by atoms with E-state index in [9.17, 15) is 4.79 Å². The van der Waals surface area contributed by atoms with Crippen molar-refractivity contribution < 1.29 is 14.4 Å². The normalized spacial score (nSPS) is 17.9. The van der Waals surface area contributed by atoms with E-state index in [0.717, 1.165) is 28.1 Å². The van der Waals surface area contributed by atoms with Crippen LogP contribution in [-0.2, 0) is 16.2 Å². The molecule has 1 aliphatic rings. The number of hydrogen-bond donors (Lipinski definition) is 2. The molecular formula is C22H21ClN4O3. The van der Waals surface area contributed by atoms with Gasteiger partial charge in [0.05, 0.1) is 24.7 Å². The third kappa shape index (κ3) is 3.89. The summed E-state index contributed by atoms with van der Waals surface area (Å²) < 4.78 is 5.20. The van der Waals surface area contributed by atoms with Gasteiger partial charge in [-0.2, -0.15) is 5.10 Å². The van der Waals surface area contributed by atoms with Gasteiger partial charge in [0.1, 0.15) is 5.75 Å². The molecule has 0 bridgehead atoms. The highest BCUT2D eigenvalue weighted by atomic mass is 35.5. The van der Waals surface area contributed by atoms with Gasteiger partial charge in [-0.3, -0.25) is 9.89 Å². The van der Waals surface area contributed by atoms with Gasteiger partial charge < -0.3 is 14.9 Å². The Hall–Kier alpha value is -3.32. The molecule has 4 rings (SSSR count). The van der Waals surface area contributed by atoms with Crippen LogP contribution in [0.25, 0.3) is 11.3 Å². The van der Waals surface area contributed by atoms with Crippen LogP contribution in [0, 0.1) is 0 Å². The third-order valence-electron chi connectivity index (χ3n) is 5.06. The van der Waals surface area contributed by atoms with Crippen molar-refractivity contribution in [3.63, 3.8) is 0 Å². The van der Waals surface area contributed by atoms with Crippen molar-refractivity contribution in [2.24, 2.45) is 5.16 Å². The fraction of sp³-hybridized carbons (Fsp3) is 0.227. The van der Waals surface area contributed by atoms with E-state index in [1.807, 2.05) is 42.5 Å². The number of aromatic nitrogens is 2. The molecule has 0 saturated carbocycles. The lowest BCUT2D eigenvalue weighted by Gasteiger charge is -2.20. The first-order chi connectivity index (χ1) is 14.5. The number of hydrogen-bond acceptors (Lipinski definition) is 5. The number of amides is 1. The molecule has 1 aliphatic heterocycles. The van der Waals surface area contributed by atoms with Crippen LogP contribution in [-0.4, -0.2) is 34.5 Å². The molecule has 0 unspecified atom stereocenters. The Morgan fingerprint density at radius 1 is 1.27 bits per heavy atom. The second-order valence-electron chi connectivity index (χ2n) is 7.20. The second kappa shape index (κ2) is 8.20. The van der Waals surface area contributed by atoms with Crippen LogP contribution in [0.2, 0.25) is 5.02 Å². The molecule has 1 atom stereocenters. The molecule has 3 aromatic rings. The van der Waals surface area contributed by atoms with Crippen LogP contribution >= 0.6 is 11.6 Å². The highest BCUT2D eigenvalue weighted by Crippen LogP contribution is 2.30. The zero-order chi connectivity index (χ0) is 21.1. The largest absolute Gasteiger partial charge is 0.497 e. The summed E-state index contributed by atoms with van der Waals surface area (Å²) in [5, 5.41) is 14.7. The summed E-state index contributed by atoms with van der Waals surface area (Å²) in [5.41, 5.74) is 2.97. The Morgan fingerprint density at radius 2 is 2.03 bits per heavy atom. The standard InChI is InChI=1S/C22H21ClN4O3/c1-22(11-19(27-30-22)17-5-3-4-6-18(17)23)21(28)24-12-15-13-25-26-20(15)14-7-9-16(29-2)10-8-14/h3-10,13H,11-12H2,1-2H3,(H,24,28)(H,25,26)/t22-/m0/s1. The number of rotatable bonds is 6. The molecular weight excluding hydrogens is 404 g/mol. The van der Waals surface area contributed by atoms with Gasteiger partial charge in [0, 0.05) is 34.7 Å². The van der Waals surface area contributed by atoms with E-state index in [1.165, 1.54) is 0 Å². The van der Waals surface area contributed by atoms with Gasteiger partial charge in [-0.15, -0.1) is 0 Å². The molecule has 8 heteroatoms. The van der Waals surface area contributed by atoms with Crippen LogP contribution in [0.4, 0.5) is 0 Å². The number of halogens is 1. The van der Waals surface area contributed by atoms with E-state index in [4.69, 9.17) is 21.2 Å². The van der Waals surface area contributed by atoms with Crippen LogP contribution in [0.1, 0.15) is 24.5 Å². The minimum absolute atomic E-state index is 0.254. The molecule has 0 fully saturated rings. The van der Waals surface area contributed by atoms with Gasteiger partial charge in [-0.05, 0) is 37.3 Å². The highest BCUT2D eigenvalue weighted by Gasteiger charge is 2.42. The lowest BCUT2D eigenvalue weighted by molar-refractivity contribution is -0.141. The number of ether oxygens (including phenoxy) is 1. The van der Waals surface area contributed by atoms with Crippen molar-refractivity contribution in [2.75, 3.05) is 7.11 Å². The number of carbonyl (C=O) groups is 1. The number of methoxy groups -OCH3 is 1. The number of aromatic amines is 1. The number of nitrogens with zero attached hydrogens (tertiary/aromatic N) is 2. The summed E-state index contributed by atoms with van der Waals surface area (Å²) in [4.78, 5) is 18.4. The molecule has 30 heavy (non-hydrogen) atoms. The van der Waals surface area contributed by atoms with Crippen molar-refractivity contribution in [1.82, 2.24) is 15.5 Å². The van der Waals surface area contributed by atoms with E-state index in [2.05, 4.69) is 20.7 Å². The molecule has 1 aromatic heterocycles. The number of oxime groups is 1. The summed E-state index contributed by atoms with van der Waals surface area (Å²) in [7, 11) is 1.62. The summed E-state index contributed by atoms with van der Waals surface area (Å²) in [6.07, 6.45) is 2.03. The lowest BCUT2D eigenvalue weighted by Crippen LogP contribution is -2.44. The molecule has 2 N–H and O–H groups in total. The van der Waals surface area contributed by atoms with E-state index in [-0.39, 0.29) is 5.91 Å². The molecule has 2 heterocycles. The van der Waals surface area contributed by atoms with E-state index >= 15 is 0 Å². The third-order valence-corrected chi connectivity index (χ3v) is 5.39. The monoisotopic (exact) mass is 424 g/mol. The number of benzene rings is 2. The van der Waals surface area contributed by atoms with Crippen LogP contribution in [0.5, 0.6) is 5.75 Å². The first-order valence-electron chi connectivity index (χ1n) is 9.45. The van der Waals surface area contributed by atoms with Crippen LogP contribution < -0.4 is 10.1 Å². The molecule has 1 amide bonds. The van der Waals surface area contributed by atoms with E-state index in [0.29, 0.717) is 23.7 Å². The highest BCUT2D eigenvalue weighted by molar-refractivity contribution is 6.34. The molecule has 0 aliphatic carbocycles. The molecule has 7 nitrogen and oxygen atoms in total. The topological polar surface area (TPSA) is 88.6 Å². The first-order valence-corrected chi connectivity index (χ1v) is 9.83. The van der Waals surface area contributed by atoms with Crippen molar-refractivity contribution >= 4 is 23.2 Å². The minimum Gasteiger partial charge on any atom is -0.497 e. The maximum Gasteiger partial charge on any atom is 0.267 e. The Labute approximate surface area is 179 Å². The molecule has 0 radical (unpaired) electrons. The average molecular weight is 425 g/mol. The van der Waals surface area contributed by atoms with Crippen LogP contribution in [0.3, 0.4) is 0 Å². The van der Waals surface area contributed by atoms with Gasteiger partial charge >= 0.3 is 0 Å². The molecule has 2 aromatic carbocycles. The minimum atomic E-state index is -1.10. The van der Waals surface area contributed by atoms with Crippen LogP contribution in [0.15, 0.2) is 59.9 Å². The number of carbonyl (C=O) groups excluding carboxylic acids is 1.